The van der Waals surface area contributed by atoms with E-state index in [1.807, 2.05) is 23.5 Å². The predicted octanol–water partition coefficient (Wildman–Crippen LogP) is 4.56. The van der Waals surface area contributed by atoms with Gasteiger partial charge in [0.15, 0.2) is 0 Å². The Morgan fingerprint density at radius 1 is 1.38 bits per heavy atom. The van der Waals surface area contributed by atoms with E-state index in [-0.39, 0.29) is 5.82 Å². The number of fused-ring (bicyclic) bond motifs is 1. The lowest BCUT2D eigenvalue weighted by molar-refractivity contribution is 0.476. The van der Waals surface area contributed by atoms with Crippen molar-refractivity contribution >= 4 is 23.1 Å². The van der Waals surface area contributed by atoms with E-state index in [0.29, 0.717) is 6.04 Å². The highest BCUT2D eigenvalue weighted by Gasteiger charge is 2.23. The van der Waals surface area contributed by atoms with Crippen LogP contribution in [-0.4, -0.2) is 11.5 Å². The molecule has 1 aliphatic rings. The summed E-state index contributed by atoms with van der Waals surface area (Å²) in [6.07, 6.45) is 3.54. The van der Waals surface area contributed by atoms with Crippen LogP contribution in [0.25, 0.3) is 0 Å². The number of thiazole rings is 1. The minimum absolute atomic E-state index is 0.183. The van der Waals surface area contributed by atoms with E-state index in [4.69, 9.17) is 4.98 Å². The van der Waals surface area contributed by atoms with Gasteiger partial charge in [0.1, 0.15) is 10.8 Å². The minimum Gasteiger partial charge on any atom is -0.309 e. The molecule has 2 aromatic rings. The maximum absolute atomic E-state index is 12.9. The first-order chi connectivity index (χ1) is 10.3. The molecule has 0 spiro atoms. The standard InChI is InChI=1S/C16H19FN2S2/c1-2-18-13-4-3-5-14-16(13)21-15(19-14)10-20-12-8-6-11(17)7-9-12/h6-9,13,18H,2-5,10H2,1H3. The Morgan fingerprint density at radius 3 is 2.95 bits per heavy atom. The second-order valence-electron chi connectivity index (χ2n) is 5.16. The summed E-state index contributed by atoms with van der Waals surface area (Å²) in [7, 11) is 0. The Labute approximate surface area is 133 Å². The fourth-order valence-corrected chi connectivity index (χ4v) is 4.76. The van der Waals surface area contributed by atoms with Gasteiger partial charge in [0.2, 0.25) is 0 Å². The third-order valence-electron chi connectivity index (χ3n) is 3.62. The smallest absolute Gasteiger partial charge is 0.123 e. The molecule has 1 heterocycles. The van der Waals surface area contributed by atoms with Gasteiger partial charge in [-0.15, -0.1) is 23.1 Å². The first kappa shape index (κ1) is 15.0. The highest BCUT2D eigenvalue weighted by Crippen LogP contribution is 2.36. The lowest BCUT2D eigenvalue weighted by Gasteiger charge is -2.21. The molecule has 2 nitrogen and oxygen atoms in total. The molecule has 0 fully saturated rings. The Bertz CT molecular complexity index is 595. The van der Waals surface area contributed by atoms with Crippen LogP contribution in [0.4, 0.5) is 4.39 Å². The lowest BCUT2D eigenvalue weighted by Crippen LogP contribution is -2.23. The summed E-state index contributed by atoms with van der Waals surface area (Å²) in [6.45, 7) is 3.16. The van der Waals surface area contributed by atoms with Crippen molar-refractivity contribution in [1.82, 2.24) is 10.3 Å². The Kier molecular flexibility index (Phi) is 4.93. The first-order valence-corrected chi connectivity index (χ1v) is 9.16. The number of thioether (sulfide) groups is 1. The molecule has 0 amide bonds. The topological polar surface area (TPSA) is 24.9 Å². The van der Waals surface area contributed by atoms with Crippen molar-refractivity contribution in [2.45, 2.75) is 42.9 Å². The summed E-state index contributed by atoms with van der Waals surface area (Å²) in [6, 6.07) is 7.16. The maximum Gasteiger partial charge on any atom is 0.123 e. The third kappa shape index (κ3) is 3.65. The molecule has 1 aromatic carbocycles. The van der Waals surface area contributed by atoms with Crippen molar-refractivity contribution in [3.63, 3.8) is 0 Å². The quantitative estimate of drug-likeness (QED) is 0.817. The molecule has 21 heavy (non-hydrogen) atoms. The van der Waals surface area contributed by atoms with Crippen molar-refractivity contribution in [3.8, 4) is 0 Å². The van der Waals surface area contributed by atoms with Crippen LogP contribution in [0.1, 0.15) is 41.4 Å². The van der Waals surface area contributed by atoms with Crippen molar-refractivity contribution in [1.29, 1.82) is 0 Å². The van der Waals surface area contributed by atoms with Gasteiger partial charge in [0, 0.05) is 15.8 Å². The lowest BCUT2D eigenvalue weighted by atomic mass is 9.98. The van der Waals surface area contributed by atoms with Gasteiger partial charge in [-0.3, -0.25) is 0 Å². The number of aromatic nitrogens is 1. The average Bonchev–Trinajstić information content (AvgIpc) is 2.91. The Balaban J connectivity index is 1.68. The van der Waals surface area contributed by atoms with Crippen molar-refractivity contribution in [3.05, 3.63) is 45.7 Å². The number of benzene rings is 1. The molecule has 0 radical (unpaired) electrons. The van der Waals surface area contributed by atoms with E-state index < -0.39 is 0 Å². The molecule has 0 aliphatic heterocycles. The summed E-state index contributed by atoms with van der Waals surface area (Å²) in [4.78, 5) is 7.32. The van der Waals surface area contributed by atoms with Crippen molar-refractivity contribution in [2.24, 2.45) is 0 Å². The first-order valence-electron chi connectivity index (χ1n) is 7.36. The average molecular weight is 322 g/mol. The van der Waals surface area contributed by atoms with Gasteiger partial charge < -0.3 is 5.32 Å². The number of hydrogen-bond donors (Lipinski definition) is 1. The molecule has 5 heteroatoms. The molecule has 1 atom stereocenters. The molecule has 0 saturated carbocycles. The minimum atomic E-state index is -0.183. The van der Waals surface area contributed by atoms with Crippen LogP contribution in [0, 0.1) is 5.82 Å². The van der Waals surface area contributed by atoms with Crippen LogP contribution < -0.4 is 5.32 Å². The van der Waals surface area contributed by atoms with E-state index in [0.717, 1.165) is 23.6 Å². The van der Waals surface area contributed by atoms with Gasteiger partial charge in [0.25, 0.3) is 0 Å². The fraction of sp³-hybridized carbons (Fsp3) is 0.438. The van der Waals surface area contributed by atoms with Gasteiger partial charge >= 0.3 is 0 Å². The van der Waals surface area contributed by atoms with Crippen LogP contribution in [0.2, 0.25) is 0 Å². The number of rotatable bonds is 5. The highest BCUT2D eigenvalue weighted by atomic mass is 32.2. The molecule has 0 saturated heterocycles. The van der Waals surface area contributed by atoms with Crippen molar-refractivity contribution in [2.75, 3.05) is 6.54 Å². The van der Waals surface area contributed by atoms with Gasteiger partial charge in [0.05, 0.1) is 11.4 Å². The molecular weight excluding hydrogens is 303 g/mol. The van der Waals surface area contributed by atoms with Crippen LogP contribution in [0.3, 0.4) is 0 Å². The predicted molar refractivity (Wildman–Crippen MR) is 87.4 cm³/mol. The summed E-state index contributed by atoms with van der Waals surface area (Å²) in [5.74, 6) is 0.680. The van der Waals surface area contributed by atoms with E-state index in [2.05, 4.69) is 12.2 Å². The number of nitrogens with zero attached hydrogens (tertiary/aromatic N) is 1. The van der Waals surface area contributed by atoms with Gasteiger partial charge in [-0.05, 0) is 50.1 Å². The van der Waals surface area contributed by atoms with Gasteiger partial charge in [-0.25, -0.2) is 9.37 Å². The highest BCUT2D eigenvalue weighted by molar-refractivity contribution is 7.98. The largest absolute Gasteiger partial charge is 0.309 e. The van der Waals surface area contributed by atoms with Crippen LogP contribution in [0.15, 0.2) is 29.2 Å². The molecule has 112 valence electrons. The number of halogens is 1. The summed E-state index contributed by atoms with van der Waals surface area (Å²) in [5.41, 5.74) is 1.28. The second kappa shape index (κ2) is 6.90. The Hall–Kier alpha value is -0.910. The number of aryl methyl sites for hydroxylation is 1. The van der Waals surface area contributed by atoms with E-state index >= 15 is 0 Å². The summed E-state index contributed by atoms with van der Waals surface area (Å²) in [5, 5.41) is 4.74. The molecule has 1 aliphatic carbocycles. The normalized spacial score (nSPS) is 17.7. The van der Waals surface area contributed by atoms with Crippen LogP contribution in [0.5, 0.6) is 0 Å². The SMILES string of the molecule is CCNC1CCCc2nc(CSc3ccc(F)cc3)sc21. The second-order valence-corrected chi connectivity index (χ2v) is 7.33. The summed E-state index contributed by atoms with van der Waals surface area (Å²) >= 11 is 3.56. The molecule has 1 aromatic heterocycles. The molecular formula is C16H19FN2S2. The van der Waals surface area contributed by atoms with Gasteiger partial charge in [-0.1, -0.05) is 6.92 Å². The number of nitrogens with one attached hydrogen (secondary N) is 1. The molecule has 1 unspecified atom stereocenters. The zero-order valence-electron chi connectivity index (χ0n) is 12.1. The van der Waals surface area contributed by atoms with Crippen LogP contribution in [-0.2, 0) is 12.2 Å². The summed E-state index contributed by atoms with van der Waals surface area (Å²) < 4.78 is 12.9. The molecule has 1 N–H and O–H groups in total. The molecule has 0 bridgehead atoms. The zero-order valence-corrected chi connectivity index (χ0v) is 13.7. The van der Waals surface area contributed by atoms with E-state index in [9.17, 15) is 4.39 Å². The van der Waals surface area contributed by atoms with Crippen LogP contribution >= 0.6 is 23.1 Å². The number of hydrogen-bond acceptors (Lipinski definition) is 4. The maximum atomic E-state index is 12.9. The monoisotopic (exact) mass is 322 g/mol. The fourth-order valence-electron chi connectivity index (χ4n) is 2.65. The van der Waals surface area contributed by atoms with E-state index in [1.165, 1.54) is 40.6 Å². The third-order valence-corrected chi connectivity index (χ3v) is 6.04. The van der Waals surface area contributed by atoms with E-state index in [1.54, 1.807) is 11.8 Å². The van der Waals surface area contributed by atoms with Crippen molar-refractivity contribution < 1.29 is 4.39 Å². The Morgan fingerprint density at radius 2 is 2.19 bits per heavy atom. The van der Waals surface area contributed by atoms with Gasteiger partial charge in [-0.2, -0.15) is 0 Å². The molecule has 3 rings (SSSR count). The zero-order chi connectivity index (χ0) is 14.7.